The maximum atomic E-state index is 13.3. The van der Waals surface area contributed by atoms with Crippen molar-refractivity contribution in [1.29, 1.82) is 0 Å². The molecule has 1 saturated heterocycles. The number of amides is 2. The minimum absolute atomic E-state index is 0.0564. The maximum Gasteiger partial charge on any atom is 0.321 e. The molecular formula is C20H24FN3O. The Hall–Kier alpha value is -2.40. The first-order chi connectivity index (χ1) is 12.0. The highest BCUT2D eigenvalue weighted by atomic mass is 19.1. The first-order valence-corrected chi connectivity index (χ1v) is 8.62. The second kappa shape index (κ2) is 7.66. The van der Waals surface area contributed by atoms with E-state index in [1.807, 2.05) is 43.0 Å². The van der Waals surface area contributed by atoms with Crippen LogP contribution in [0, 0.1) is 19.7 Å². The van der Waals surface area contributed by atoms with Crippen LogP contribution in [0.2, 0.25) is 0 Å². The molecule has 25 heavy (non-hydrogen) atoms. The number of rotatable bonds is 3. The van der Waals surface area contributed by atoms with Crippen LogP contribution < -0.4 is 5.32 Å². The third kappa shape index (κ3) is 4.37. The summed E-state index contributed by atoms with van der Waals surface area (Å²) in [6.45, 7) is 7.69. The number of piperazine rings is 1. The predicted molar refractivity (Wildman–Crippen MR) is 98.2 cm³/mol. The van der Waals surface area contributed by atoms with Gasteiger partial charge in [0.05, 0.1) is 0 Å². The maximum absolute atomic E-state index is 13.3. The average molecular weight is 341 g/mol. The van der Waals surface area contributed by atoms with Gasteiger partial charge in [-0.05, 0) is 48.7 Å². The van der Waals surface area contributed by atoms with Crippen LogP contribution in [-0.2, 0) is 6.54 Å². The number of carbonyl (C=O) groups is 1. The van der Waals surface area contributed by atoms with E-state index < -0.39 is 0 Å². The highest BCUT2D eigenvalue weighted by Crippen LogP contribution is 2.19. The molecular weight excluding hydrogens is 317 g/mol. The lowest BCUT2D eigenvalue weighted by molar-refractivity contribution is 0.143. The van der Waals surface area contributed by atoms with Gasteiger partial charge in [-0.2, -0.15) is 0 Å². The summed E-state index contributed by atoms with van der Waals surface area (Å²) < 4.78 is 13.3. The normalized spacial score (nSPS) is 15.2. The van der Waals surface area contributed by atoms with Crippen LogP contribution in [-0.4, -0.2) is 42.0 Å². The van der Waals surface area contributed by atoms with E-state index in [0.29, 0.717) is 19.6 Å². The monoisotopic (exact) mass is 341 g/mol. The number of halogens is 1. The zero-order valence-corrected chi connectivity index (χ0v) is 14.8. The summed E-state index contributed by atoms with van der Waals surface area (Å²) in [7, 11) is 0. The average Bonchev–Trinajstić information content (AvgIpc) is 2.59. The molecule has 0 saturated carbocycles. The third-order valence-corrected chi connectivity index (χ3v) is 4.80. The number of urea groups is 1. The Morgan fingerprint density at radius 3 is 2.52 bits per heavy atom. The smallest absolute Gasteiger partial charge is 0.321 e. The lowest BCUT2D eigenvalue weighted by Crippen LogP contribution is -2.49. The fourth-order valence-electron chi connectivity index (χ4n) is 3.08. The van der Waals surface area contributed by atoms with Crippen LogP contribution in [0.15, 0.2) is 42.5 Å². The summed E-state index contributed by atoms with van der Waals surface area (Å²) >= 11 is 0. The van der Waals surface area contributed by atoms with Crippen molar-refractivity contribution < 1.29 is 9.18 Å². The number of hydrogen-bond acceptors (Lipinski definition) is 2. The highest BCUT2D eigenvalue weighted by Gasteiger charge is 2.21. The third-order valence-electron chi connectivity index (χ3n) is 4.80. The molecule has 0 atom stereocenters. The van der Waals surface area contributed by atoms with E-state index in [-0.39, 0.29) is 11.8 Å². The highest BCUT2D eigenvalue weighted by molar-refractivity contribution is 5.90. The summed E-state index contributed by atoms with van der Waals surface area (Å²) in [5.41, 5.74) is 4.10. The number of hydrogen-bond donors (Lipinski definition) is 1. The molecule has 0 aromatic heterocycles. The zero-order chi connectivity index (χ0) is 17.8. The Bertz CT molecular complexity index is 754. The van der Waals surface area contributed by atoms with Crippen molar-refractivity contribution >= 4 is 11.7 Å². The molecule has 0 spiro atoms. The lowest BCUT2D eigenvalue weighted by atomic mass is 10.1. The Morgan fingerprint density at radius 1 is 1.08 bits per heavy atom. The van der Waals surface area contributed by atoms with Gasteiger partial charge < -0.3 is 10.2 Å². The van der Waals surface area contributed by atoms with Crippen molar-refractivity contribution in [2.24, 2.45) is 0 Å². The van der Waals surface area contributed by atoms with Crippen LogP contribution in [0.4, 0.5) is 14.9 Å². The van der Waals surface area contributed by atoms with E-state index in [1.165, 1.54) is 6.07 Å². The molecule has 2 aromatic carbocycles. The molecule has 0 unspecified atom stereocenters. The molecule has 4 nitrogen and oxygen atoms in total. The summed E-state index contributed by atoms with van der Waals surface area (Å²) in [5.74, 6) is -0.205. The minimum Gasteiger partial charge on any atom is -0.322 e. The van der Waals surface area contributed by atoms with E-state index >= 15 is 0 Å². The van der Waals surface area contributed by atoms with E-state index in [9.17, 15) is 9.18 Å². The molecule has 1 fully saturated rings. The van der Waals surface area contributed by atoms with Crippen molar-refractivity contribution in [3.63, 3.8) is 0 Å². The molecule has 0 aliphatic carbocycles. The predicted octanol–water partition coefficient (Wildman–Crippen LogP) is 3.79. The number of nitrogens with one attached hydrogen (secondary N) is 1. The van der Waals surface area contributed by atoms with Crippen LogP contribution in [0.3, 0.4) is 0 Å². The van der Waals surface area contributed by atoms with Gasteiger partial charge >= 0.3 is 6.03 Å². The second-order valence-electron chi connectivity index (χ2n) is 6.57. The molecule has 2 amide bonds. The Labute approximate surface area is 148 Å². The van der Waals surface area contributed by atoms with Gasteiger partial charge in [-0.3, -0.25) is 4.90 Å². The topological polar surface area (TPSA) is 35.6 Å². The summed E-state index contributed by atoms with van der Waals surface area (Å²) in [5, 5.41) is 3.01. The van der Waals surface area contributed by atoms with Crippen molar-refractivity contribution in [2.45, 2.75) is 20.4 Å². The fraction of sp³-hybridized carbons (Fsp3) is 0.350. The number of aryl methyl sites for hydroxylation is 1. The fourth-order valence-corrected chi connectivity index (χ4v) is 3.08. The molecule has 3 rings (SSSR count). The summed E-state index contributed by atoms with van der Waals surface area (Å²) in [6.07, 6.45) is 0. The van der Waals surface area contributed by atoms with Gasteiger partial charge in [-0.25, -0.2) is 9.18 Å². The quantitative estimate of drug-likeness (QED) is 0.922. The number of nitrogens with zero attached hydrogens (tertiary/aromatic N) is 2. The van der Waals surface area contributed by atoms with Crippen LogP contribution in [0.5, 0.6) is 0 Å². The van der Waals surface area contributed by atoms with Crippen molar-refractivity contribution in [1.82, 2.24) is 9.80 Å². The SMILES string of the molecule is Cc1cccc(NC(=O)N2CCN(Cc3cccc(F)c3)CC2)c1C. The molecule has 132 valence electrons. The van der Waals surface area contributed by atoms with E-state index in [4.69, 9.17) is 0 Å². The number of benzene rings is 2. The molecule has 0 radical (unpaired) electrons. The van der Waals surface area contributed by atoms with Gasteiger partial charge in [-0.15, -0.1) is 0 Å². The van der Waals surface area contributed by atoms with Gasteiger partial charge in [0.1, 0.15) is 5.82 Å². The van der Waals surface area contributed by atoms with Gasteiger partial charge in [0.15, 0.2) is 0 Å². The number of anilines is 1. The molecule has 2 aromatic rings. The Morgan fingerprint density at radius 2 is 1.80 bits per heavy atom. The van der Waals surface area contributed by atoms with Crippen molar-refractivity contribution in [3.8, 4) is 0 Å². The molecule has 1 N–H and O–H groups in total. The summed E-state index contributed by atoms with van der Waals surface area (Å²) in [6, 6.07) is 12.6. The van der Waals surface area contributed by atoms with E-state index in [0.717, 1.165) is 35.5 Å². The first kappa shape index (κ1) is 17.4. The van der Waals surface area contributed by atoms with E-state index in [1.54, 1.807) is 12.1 Å². The van der Waals surface area contributed by atoms with Gasteiger partial charge in [0, 0.05) is 38.4 Å². The largest absolute Gasteiger partial charge is 0.322 e. The van der Waals surface area contributed by atoms with Crippen LogP contribution >= 0.6 is 0 Å². The van der Waals surface area contributed by atoms with Crippen LogP contribution in [0.25, 0.3) is 0 Å². The van der Waals surface area contributed by atoms with Gasteiger partial charge in [0.2, 0.25) is 0 Å². The van der Waals surface area contributed by atoms with Gasteiger partial charge in [0.25, 0.3) is 0 Å². The number of carbonyl (C=O) groups excluding carboxylic acids is 1. The second-order valence-corrected chi connectivity index (χ2v) is 6.57. The zero-order valence-electron chi connectivity index (χ0n) is 14.8. The Balaban J connectivity index is 1.53. The van der Waals surface area contributed by atoms with E-state index in [2.05, 4.69) is 10.2 Å². The molecule has 1 aliphatic heterocycles. The molecule has 5 heteroatoms. The first-order valence-electron chi connectivity index (χ1n) is 8.62. The standard InChI is InChI=1S/C20H24FN3O/c1-15-5-3-8-19(16(15)2)22-20(25)24-11-9-23(10-12-24)14-17-6-4-7-18(21)13-17/h3-8,13H,9-12,14H2,1-2H3,(H,22,25). The molecule has 0 bridgehead atoms. The van der Waals surface area contributed by atoms with Gasteiger partial charge in [-0.1, -0.05) is 24.3 Å². The summed E-state index contributed by atoms with van der Waals surface area (Å²) in [4.78, 5) is 16.6. The molecule has 1 heterocycles. The molecule has 1 aliphatic rings. The van der Waals surface area contributed by atoms with Crippen molar-refractivity contribution in [2.75, 3.05) is 31.5 Å². The van der Waals surface area contributed by atoms with Crippen molar-refractivity contribution in [3.05, 3.63) is 65.0 Å². The lowest BCUT2D eigenvalue weighted by Gasteiger charge is -2.34. The van der Waals surface area contributed by atoms with Crippen LogP contribution in [0.1, 0.15) is 16.7 Å². The minimum atomic E-state index is -0.205. The Kier molecular flexibility index (Phi) is 5.34.